The normalized spacial score (nSPS) is 31.1. The third-order valence-corrected chi connectivity index (χ3v) is 21.4. The van der Waals surface area contributed by atoms with Crippen LogP contribution in [0.1, 0.15) is 66.8 Å². The molecule has 56 heavy (non-hydrogen) atoms. The molecule has 2 aromatic heterocycles. The van der Waals surface area contributed by atoms with Crippen LogP contribution in [0.4, 0.5) is 0 Å². The highest BCUT2D eigenvalue weighted by molar-refractivity contribution is 6.74. The van der Waals surface area contributed by atoms with Crippen LogP contribution < -0.4 is 22.5 Å². The Morgan fingerprint density at radius 2 is 1.09 bits per heavy atom. The molecule has 4 fully saturated rings. The first-order valence-electron chi connectivity index (χ1n) is 19.0. The van der Waals surface area contributed by atoms with Crippen molar-refractivity contribution < 1.29 is 38.0 Å². The van der Waals surface area contributed by atoms with Crippen LogP contribution in [0.25, 0.3) is 0 Å². The SMILES string of the molecule is C=CC[C@H](O[Si](C)(C)C(C)(C)C)[C@]12CO[C@H]([C@H](n3ccc(=O)[nH]c3=O)O1)[C@@H]2O.C=CC[C@H](O[Si](C)(C)C(C)(C)C)[C@]12CO[C@H]([C@H](n3ccc(=O)[nH]c3=O)O1)[C@@H]2O. The zero-order chi connectivity index (χ0) is 41.8. The topological polar surface area (TPSA) is 206 Å². The molecule has 0 saturated carbocycles. The van der Waals surface area contributed by atoms with E-state index in [2.05, 4.69) is 90.9 Å². The average molecular weight is 821 g/mol. The van der Waals surface area contributed by atoms with E-state index in [1.54, 1.807) is 12.2 Å². The molecule has 4 aliphatic rings. The van der Waals surface area contributed by atoms with Gasteiger partial charge in [-0.05, 0) is 49.1 Å². The van der Waals surface area contributed by atoms with Crippen molar-refractivity contribution in [3.8, 4) is 0 Å². The van der Waals surface area contributed by atoms with Crippen LogP contribution in [-0.2, 0) is 27.8 Å². The Morgan fingerprint density at radius 3 is 1.38 bits per heavy atom. The Morgan fingerprint density at radius 1 is 0.750 bits per heavy atom. The third-order valence-electron chi connectivity index (χ3n) is 12.5. The van der Waals surface area contributed by atoms with Crippen LogP contribution in [0.3, 0.4) is 0 Å². The number of fused-ring (bicyclic) bond motifs is 4. The quantitative estimate of drug-likeness (QED) is 0.180. The monoisotopic (exact) mass is 820 g/mol. The van der Waals surface area contributed by atoms with Crippen molar-refractivity contribution >= 4 is 16.6 Å². The number of aromatic nitrogens is 4. The van der Waals surface area contributed by atoms with Gasteiger partial charge in [0.05, 0.1) is 25.4 Å². The molecule has 6 rings (SSSR count). The van der Waals surface area contributed by atoms with Gasteiger partial charge >= 0.3 is 11.4 Å². The summed E-state index contributed by atoms with van der Waals surface area (Å²) in [5.74, 6) is 0. The van der Waals surface area contributed by atoms with Crippen molar-refractivity contribution in [3.63, 3.8) is 0 Å². The summed E-state index contributed by atoms with van der Waals surface area (Å²) in [6.07, 6.45) is 1.16. The lowest BCUT2D eigenvalue weighted by atomic mass is 9.90. The first-order valence-corrected chi connectivity index (χ1v) is 24.8. The van der Waals surface area contributed by atoms with Crippen molar-refractivity contribution in [2.45, 2.75) is 151 Å². The fourth-order valence-corrected chi connectivity index (χ4v) is 9.82. The number of hydrogen-bond acceptors (Lipinski definition) is 12. The van der Waals surface area contributed by atoms with Gasteiger partial charge in [-0.25, -0.2) is 9.59 Å². The molecule has 0 unspecified atom stereocenters. The van der Waals surface area contributed by atoms with Crippen LogP contribution in [0.2, 0.25) is 36.3 Å². The van der Waals surface area contributed by atoms with Gasteiger partial charge in [0.25, 0.3) is 11.1 Å². The average Bonchev–Trinajstić information content (AvgIpc) is 3.77. The van der Waals surface area contributed by atoms with E-state index < -0.39 is 99.4 Å². The lowest BCUT2D eigenvalue weighted by molar-refractivity contribution is -0.206. The number of rotatable bonds is 12. The second kappa shape index (κ2) is 15.6. The summed E-state index contributed by atoms with van der Waals surface area (Å²) < 4.78 is 39.9. The zero-order valence-corrected chi connectivity index (χ0v) is 36.2. The Labute approximate surface area is 328 Å². The molecule has 18 heteroatoms. The van der Waals surface area contributed by atoms with Gasteiger partial charge in [-0.2, -0.15) is 0 Å². The minimum absolute atomic E-state index is 0.0270. The lowest BCUT2D eigenvalue weighted by Crippen LogP contribution is -2.57. The first kappa shape index (κ1) is 44.1. The van der Waals surface area contributed by atoms with E-state index in [1.165, 1.54) is 33.7 Å². The maximum absolute atomic E-state index is 12.2. The van der Waals surface area contributed by atoms with E-state index >= 15 is 0 Å². The number of hydrogen-bond donors (Lipinski definition) is 4. The number of ether oxygens (including phenoxy) is 4. The summed E-state index contributed by atoms with van der Waals surface area (Å²) in [7, 11) is -4.35. The molecule has 4 bridgehead atoms. The summed E-state index contributed by atoms with van der Waals surface area (Å²) in [4.78, 5) is 51.6. The summed E-state index contributed by atoms with van der Waals surface area (Å²) in [5, 5.41) is 22.0. The predicted molar refractivity (Wildman–Crippen MR) is 214 cm³/mol. The van der Waals surface area contributed by atoms with Gasteiger partial charge in [0, 0.05) is 24.5 Å². The molecule has 0 aromatic carbocycles. The van der Waals surface area contributed by atoms with E-state index in [0.717, 1.165) is 0 Å². The molecule has 6 heterocycles. The van der Waals surface area contributed by atoms with Gasteiger partial charge < -0.3 is 38.0 Å². The van der Waals surface area contributed by atoms with Crippen molar-refractivity contribution in [1.82, 2.24) is 19.1 Å². The van der Waals surface area contributed by atoms with Crippen molar-refractivity contribution in [1.29, 1.82) is 0 Å². The molecule has 4 N–H and O–H groups in total. The maximum atomic E-state index is 12.2. The minimum atomic E-state index is -2.18. The molecule has 0 radical (unpaired) electrons. The molecule has 4 aliphatic heterocycles. The summed E-state index contributed by atoms with van der Waals surface area (Å²) in [5.41, 5.74) is -4.41. The zero-order valence-electron chi connectivity index (χ0n) is 34.2. The molecule has 0 spiro atoms. The number of aromatic amines is 2. The van der Waals surface area contributed by atoms with Gasteiger partial charge in [-0.15, -0.1) is 13.2 Å². The Hall–Kier alpha value is -3.05. The highest BCUT2D eigenvalue weighted by Crippen LogP contribution is 2.51. The molecule has 10 atom stereocenters. The third kappa shape index (κ3) is 7.89. The van der Waals surface area contributed by atoms with Crippen LogP contribution in [-0.4, -0.2) is 107 Å². The van der Waals surface area contributed by atoms with Crippen molar-refractivity contribution in [2.24, 2.45) is 0 Å². The van der Waals surface area contributed by atoms with Crippen molar-refractivity contribution in [2.75, 3.05) is 13.2 Å². The van der Waals surface area contributed by atoms with E-state index in [1.807, 2.05) is 0 Å². The van der Waals surface area contributed by atoms with Gasteiger partial charge in [0.1, 0.15) is 35.6 Å². The number of nitrogens with one attached hydrogen (secondary N) is 2. The molecule has 4 saturated heterocycles. The molecule has 0 aliphatic carbocycles. The molecular weight excluding hydrogens is 761 g/mol. The van der Waals surface area contributed by atoms with Gasteiger partial charge in [0.2, 0.25) is 0 Å². The summed E-state index contributed by atoms with van der Waals surface area (Å²) >= 11 is 0. The number of nitrogens with zero attached hydrogens (tertiary/aromatic N) is 2. The summed E-state index contributed by atoms with van der Waals surface area (Å²) in [6.45, 7) is 29.4. The molecule has 16 nitrogen and oxygen atoms in total. The van der Waals surface area contributed by atoms with E-state index in [0.29, 0.717) is 12.8 Å². The van der Waals surface area contributed by atoms with Crippen LogP contribution >= 0.6 is 0 Å². The molecule has 312 valence electrons. The second-order valence-electron chi connectivity index (χ2n) is 18.2. The first-order chi connectivity index (χ1) is 25.9. The predicted octanol–water partition coefficient (Wildman–Crippen LogP) is 3.06. The minimum Gasteiger partial charge on any atom is -0.410 e. The molecule has 2 aromatic rings. The molecule has 0 amide bonds. The Balaban J connectivity index is 0.000000214. The van der Waals surface area contributed by atoms with Gasteiger partial charge in [-0.1, -0.05) is 53.7 Å². The van der Waals surface area contributed by atoms with E-state index in [-0.39, 0.29) is 23.3 Å². The highest BCUT2D eigenvalue weighted by atomic mass is 28.4. The Bertz CT molecular complexity index is 1860. The number of aliphatic hydroxyl groups is 2. The van der Waals surface area contributed by atoms with Gasteiger partial charge in [-0.3, -0.25) is 28.7 Å². The van der Waals surface area contributed by atoms with E-state index in [4.69, 9.17) is 27.8 Å². The summed E-state index contributed by atoms with van der Waals surface area (Å²) in [6, 6.07) is 2.48. The molecular formula is C38H60N4O12Si2. The number of aliphatic hydroxyl groups excluding tert-OH is 2. The fourth-order valence-electron chi connectivity index (χ4n) is 7.10. The fraction of sp³-hybridized carbons (Fsp3) is 0.684. The Kier molecular flexibility index (Phi) is 12.3. The largest absolute Gasteiger partial charge is 0.410 e. The van der Waals surface area contributed by atoms with Gasteiger partial charge in [0.15, 0.2) is 29.1 Å². The second-order valence-corrected chi connectivity index (χ2v) is 27.7. The van der Waals surface area contributed by atoms with Crippen LogP contribution in [0, 0.1) is 0 Å². The van der Waals surface area contributed by atoms with E-state index in [9.17, 15) is 29.4 Å². The van der Waals surface area contributed by atoms with Crippen molar-refractivity contribution in [3.05, 3.63) is 91.5 Å². The smallest absolute Gasteiger partial charge is 0.330 e. The standard InChI is InChI=1S/2C19H30N2O6Si/c2*1-7-8-12(27-28(5,6)18(2,3)4)19-11-25-14(15(19)23)16(26-19)21-10-9-13(22)20-17(21)24/h2*7,9-10,12,14-16,23H,1,8,11H2,2-6H3,(H,20,22,24)/t2*12-,14-,15-,16+,19-/m00/s1. The lowest BCUT2D eigenvalue weighted by Gasteiger charge is -2.45. The van der Waals surface area contributed by atoms with Crippen LogP contribution in [0.15, 0.2) is 69.0 Å². The maximum Gasteiger partial charge on any atom is 0.330 e. The highest BCUT2D eigenvalue weighted by Gasteiger charge is 2.67. The number of H-pyrrole nitrogens is 2. The van der Waals surface area contributed by atoms with Crippen LogP contribution in [0.5, 0.6) is 0 Å².